The van der Waals surface area contributed by atoms with Crippen LogP contribution < -0.4 is 5.73 Å². The van der Waals surface area contributed by atoms with Crippen LogP contribution >= 0.6 is 27.3 Å². The predicted octanol–water partition coefficient (Wildman–Crippen LogP) is 2.28. The molecule has 0 radical (unpaired) electrons. The predicted molar refractivity (Wildman–Crippen MR) is 86.8 cm³/mol. The summed E-state index contributed by atoms with van der Waals surface area (Å²) in [5.41, 5.74) is 5.97. The van der Waals surface area contributed by atoms with Crippen LogP contribution in [0.5, 0.6) is 0 Å². The maximum absolute atomic E-state index is 12.4. The van der Waals surface area contributed by atoms with E-state index in [0.29, 0.717) is 13.1 Å². The van der Waals surface area contributed by atoms with Crippen molar-refractivity contribution in [2.45, 2.75) is 32.4 Å². The third-order valence-electron chi connectivity index (χ3n) is 3.61. The Kier molecular flexibility index (Phi) is 6.01. The van der Waals surface area contributed by atoms with Gasteiger partial charge in [-0.3, -0.25) is 9.69 Å². The van der Waals surface area contributed by atoms with Crippen LogP contribution in [0, 0.1) is 0 Å². The molecule has 112 valence electrons. The summed E-state index contributed by atoms with van der Waals surface area (Å²) < 4.78 is 1.11. The van der Waals surface area contributed by atoms with E-state index in [1.165, 1.54) is 4.88 Å². The van der Waals surface area contributed by atoms with Crippen LogP contribution in [0.15, 0.2) is 15.9 Å². The number of halogens is 1. The molecule has 0 aliphatic carbocycles. The van der Waals surface area contributed by atoms with Crippen LogP contribution in [-0.4, -0.2) is 47.9 Å². The third kappa shape index (κ3) is 4.55. The summed E-state index contributed by atoms with van der Waals surface area (Å²) in [6.45, 7) is 5.80. The molecule has 1 aliphatic heterocycles. The Hall–Kier alpha value is -0.430. The molecular weight excluding hydrogens is 338 g/mol. The van der Waals surface area contributed by atoms with Gasteiger partial charge in [0.1, 0.15) is 0 Å². The van der Waals surface area contributed by atoms with Crippen molar-refractivity contribution >= 4 is 33.2 Å². The molecule has 1 saturated heterocycles. The standard InChI is InChI=1S/C14H22BrN3OS/c1-2-18(9-12-5-6-13(15)20-12)14(19)10-17-7-3-4-11(16)8-17/h5-6,11H,2-4,7-10,16H2,1H3/t11-/m1/s1. The van der Waals surface area contributed by atoms with Gasteiger partial charge in [-0.1, -0.05) is 0 Å². The van der Waals surface area contributed by atoms with E-state index >= 15 is 0 Å². The van der Waals surface area contributed by atoms with E-state index in [2.05, 4.69) is 26.9 Å². The zero-order chi connectivity index (χ0) is 14.5. The fraction of sp³-hybridized carbons (Fsp3) is 0.643. The highest BCUT2D eigenvalue weighted by molar-refractivity contribution is 9.11. The maximum atomic E-state index is 12.4. The number of rotatable bonds is 5. The summed E-state index contributed by atoms with van der Waals surface area (Å²) in [5.74, 6) is 0.200. The number of hydrogen-bond acceptors (Lipinski definition) is 4. The summed E-state index contributed by atoms with van der Waals surface area (Å²) in [4.78, 5) is 17.7. The number of nitrogens with two attached hydrogens (primary N) is 1. The van der Waals surface area contributed by atoms with Gasteiger partial charge < -0.3 is 10.6 Å². The molecule has 2 N–H and O–H groups in total. The largest absolute Gasteiger partial charge is 0.337 e. The summed E-state index contributed by atoms with van der Waals surface area (Å²) in [6, 6.07) is 4.32. The number of nitrogens with zero attached hydrogens (tertiary/aromatic N) is 2. The van der Waals surface area contributed by atoms with Gasteiger partial charge in [0.05, 0.1) is 16.9 Å². The van der Waals surface area contributed by atoms with Crippen molar-refractivity contribution in [3.8, 4) is 0 Å². The number of carbonyl (C=O) groups excluding carboxylic acids is 1. The van der Waals surface area contributed by atoms with Crippen LogP contribution in [0.4, 0.5) is 0 Å². The Morgan fingerprint density at radius 1 is 1.60 bits per heavy atom. The van der Waals surface area contributed by atoms with Crippen molar-refractivity contribution in [2.75, 3.05) is 26.2 Å². The van der Waals surface area contributed by atoms with E-state index < -0.39 is 0 Å². The van der Waals surface area contributed by atoms with E-state index in [-0.39, 0.29) is 11.9 Å². The lowest BCUT2D eigenvalue weighted by atomic mass is 10.1. The first-order chi connectivity index (χ1) is 9.58. The first kappa shape index (κ1) is 15.9. The normalized spacial score (nSPS) is 20.1. The third-order valence-corrected chi connectivity index (χ3v) is 5.22. The molecule has 0 saturated carbocycles. The molecule has 2 rings (SSSR count). The van der Waals surface area contributed by atoms with Crippen LogP contribution in [-0.2, 0) is 11.3 Å². The van der Waals surface area contributed by atoms with Gasteiger partial charge in [-0.25, -0.2) is 0 Å². The minimum Gasteiger partial charge on any atom is -0.337 e. The fourth-order valence-corrected chi connectivity index (χ4v) is 4.03. The zero-order valence-electron chi connectivity index (χ0n) is 11.8. The molecule has 2 heterocycles. The summed E-state index contributed by atoms with van der Waals surface area (Å²) in [7, 11) is 0. The van der Waals surface area contributed by atoms with Gasteiger partial charge >= 0.3 is 0 Å². The van der Waals surface area contributed by atoms with E-state index in [1.807, 2.05) is 17.9 Å². The molecule has 0 bridgehead atoms. The highest BCUT2D eigenvalue weighted by Gasteiger charge is 2.21. The Bertz CT molecular complexity index is 451. The smallest absolute Gasteiger partial charge is 0.237 e. The number of amides is 1. The quantitative estimate of drug-likeness (QED) is 0.877. The van der Waals surface area contributed by atoms with Gasteiger partial charge in [-0.15, -0.1) is 11.3 Å². The number of carbonyl (C=O) groups is 1. The lowest BCUT2D eigenvalue weighted by Gasteiger charge is -2.32. The van der Waals surface area contributed by atoms with Gasteiger partial charge in [0.15, 0.2) is 0 Å². The van der Waals surface area contributed by atoms with Crippen LogP contribution in [0.2, 0.25) is 0 Å². The number of hydrogen-bond donors (Lipinski definition) is 1. The number of likely N-dealkylation sites (N-methyl/N-ethyl adjacent to an activating group) is 1. The Morgan fingerprint density at radius 3 is 3.00 bits per heavy atom. The van der Waals surface area contributed by atoms with E-state index in [9.17, 15) is 4.79 Å². The first-order valence-corrected chi connectivity index (χ1v) is 8.69. The van der Waals surface area contributed by atoms with Gasteiger partial charge in [-0.05, 0) is 54.4 Å². The lowest BCUT2D eigenvalue weighted by molar-refractivity contribution is -0.133. The molecule has 6 heteroatoms. The maximum Gasteiger partial charge on any atom is 0.237 e. The summed E-state index contributed by atoms with van der Waals surface area (Å²) in [6.07, 6.45) is 2.17. The first-order valence-electron chi connectivity index (χ1n) is 7.08. The van der Waals surface area contributed by atoms with Gasteiger partial charge in [0.2, 0.25) is 5.91 Å². The summed E-state index contributed by atoms with van der Waals surface area (Å²) >= 11 is 5.14. The van der Waals surface area contributed by atoms with Crippen molar-refractivity contribution in [2.24, 2.45) is 5.73 Å². The average molecular weight is 360 g/mol. The molecule has 1 amide bonds. The minimum atomic E-state index is 0.200. The van der Waals surface area contributed by atoms with E-state index in [1.54, 1.807) is 11.3 Å². The Labute approximate surface area is 133 Å². The van der Waals surface area contributed by atoms with Crippen LogP contribution in [0.1, 0.15) is 24.6 Å². The van der Waals surface area contributed by atoms with Gasteiger partial charge in [-0.2, -0.15) is 0 Å². The van der Waals surface area contributed by atoms with Crippen LogP contribution in [0.3, 0.4) is 0 Å². The topological polar surface area (TPSA) is 49.6 Å². The zero-order valence-corrected chi connectivity index (χ0v) is 14.3. The molecule has 1 atom stereocenters. The van der Waals surface area contributed by atoms with Crippen molar-refractivity contribution < 1.29 is 4.79 Å². The summed E-state index contributed by atoms with van der Waals surface area (Å²) in [5, 5.41) is 0. The second-order valence-corrected chi connectivity index (χ2v) is 7.80. The Balaban J connectivity index is 1.88. The molecule has 20 heavy (non-hydrogen) atoms. The molecule has 0 aromatic carbocycles. The van der Waals surface area contributed by atoms with Gasteiger partial charge in [0.25, 0.3) is 0 Å². The molecule has 0 unspecified atom stereocenters. The number of thiophene rings is 1. The SMILES string of the molecule is CCN(Cc1ccc(Br)s1)C(=O)CN1CCC[C@@H](N)C1. The van der Waals surface area contributed by atoms with Crippen molar-refractivity contribution in [3.05, 3.63) is 20.8 Å². The molecule has 1 aliphatic rings. The van der Waals surface area contributed by atoms with Crippen molar-refractivity contribution in [1.82, 2.24) is 9.80 Å². The highest BCUT2D eigenvalue weighted by atomic mass is 79.9. The fourth-order valence-electron chi connectivity index (χ4n) is 2.53. The number of piperidine rings is 1. The molecule has 1 fully saturated rings. The molecular formula is C14H22BrN3OS. The minimum absolute atomic E-state index is 0.200. The lowest BCUT2D eigenvalue weighted by Crippen LogP contribution is -2.47. The van der Waals surface area contributed by atoms with E-state index in [4.69, 9.17) is 5.73 Å². The second-order valence-electron chi connectivity index (χ2n) is 5.25. The van der Waals surface area contributed by atoms with Crippen molar-refractivity contribution in [1.29, 1.82) is 0 Å². The second kappa shape index (κ2) is 7.54. The van der Waals surface area contributed by atoms with Crippen LogP contribution in [0.25, 0.3) is 0 Å². The molecule has 4 nitrogen and oxygen atoms in total. The molecule has 1 aromatic heterocycles. The average Bonchev–Trinajstić information content (AvgIpc) is 2.81. The van der Waals surface area contributed by atoms with Gasteiger partial charge in [0, 0.05) is 24.0 Å². The Morgan fingerprint density at radius 2 is 2.40 bits per heavy atom. The van der Waals surface area contributed by atoms with Crippen molar-refractivity contribution in [3.63, 3.8) is 0 Å². The highest BCUT2D eigenvalue weighted by Crippen LogP contribution is 2.23. The molecule has 0 spiro atoms. The molecule has 1 aromatic rings. The monoisotopic (exact) mass is 359 g/mol. The van der Waals surface area contributed by atoms with E-state index in [0.717, 1.165) is 36.3 Å². The number of likely N-dealkylation sites (tertiary alicyclic amines) is 1.